The third-order valence-corrected chi connectivity index (χ3v) is 6.33. The summed E-state index contributed by atoms with van der Waals surface area (Å²) >= 11 is 0. The molecule has 0 bridgehead atoms. The van der Waals surface area contributed by atoms with Crippen molar-refractivity contribution in [3.05, 3.63) is 47.5 Å². The number of aryl methyl sites for hydroxylation is 1. The summed E-state index contributed by atoms with van der Waals surface area (Å²) < 4.78 is 48.4. The van der Waals surface area contributed by atoms with E-state index in [1.54, 1.807) is 0 Å². The van der Waals surface area contributed by atoms with Crippen molar-refractivity contribution < 1.29 is 27.4 Å². The predicted molar refractivity (Wildman–Crippen MR) is 139 cm³/mol. The zero-order valence-corrected chi connectivity index (χ0v) is 22.1. The summed E-state index contributed by atoms with van der Waals surface area (Å²) in [5.41, 5.74) is 4.14. The van der Waals surface area contributed by atoms with Crippen LogP contribution in [0.2, 0.25) is 0 Å². The number of aromatic nitrogens is 2. The number of nitrogens with one attached hydrogen (secondary N) is 1. The van der Waals surface area contributed by atoms with Gasteiger partial charge in [-0.2, -0.15) is 0 Å². The molecule has 4 rings (SSSR count). The fourth-order valence-electron chi connectivity index (χ4n) is 4.67. The lowest BCUT2D eigenvalue weighted by molar-refractivity contribution is -0.274. The number of fused-ring (bicyclic) bond motifs is 1. The van der Waals surface area contributed by atoms with Crippen LogP contribution in [0.15, 0.2) is 36.4 Å². The van der Waals surface area contributed by atoms with Gasteiger partial charge >= 0.3 is 12.3 Å². The summed E-state index contributed by atoms with van der Waals surface area (Å²) in [6.45, 7) is 8.46. The Hall–Kier alpha value is -3.23. The summed E-state index contributed by atoms with van der Waals surface area (Å²) in [6, 6.07) is 9.80. The van der Waals surface area contributed by atoms with Crippen LogP contribution >= 0.6 is 0 Å². The van der Waals surface area contributed by atoms with Crippen molar-refractivity contribution in [2.75, 3.05) is 12.4 Å². The van der Waals surface area contributed by atoms with Crippen molar-refractivity contribution in [1.29, 1.82) is 0 Å². The first-order valence-electron chi connectivity index (χ1n) is 12.8. The average Bonchev–Trinajstić information content (AvgIpc) is 3.16. The lowest BCUT2D eigenvalue weighted by atomic mass is 9.87. The number of methoxy groups -OCH3 is 1. The zero-order valence-electron chi connectivity index (χ0n) is 22.1. The molecule has 0 spiro atoms. The maximum atomic E-state index is 12.5. The number of hydrogen-bond donors (Lipinski definition) is 1. The van der Waals surface area contributed by atoms with Crippen molar-refractivity contribution >= 4 is 28.6 Å². The molecule has 2 aromatic carbocycles. The summed E-state index contributed by atoms with van der Waals surface area (Å²) in [5.74, 6) is 0.606. The second-order valence-electron chi connectivity index (χ2n) is 9.66. The normalized spacial score (nSPS) is 17.6. The van der Waals surface area contributed by atoms with Gasteiger partial charge in [0.1, 0.15) is 5.75 Å². The largest absolute Gasteiger partial charge is 0.573 e. The molecular weight excluding hydrogens is 483 g/mol. The smallest absolute Gasteiger partial charge is 0.469 e. The van der Waals surface area contributed by atoms with Crippen LogP contribution in [0.4, 0.5) is 24.8 Å². The van der Waals surface area contributed by atoms with E-state index in [2.05, 4.69) is 35.4 Å². The van der Waals surface area contributed by atoms with Crippen molar-refractivity contribution in [3.8, 4) is 5.75 Å². The summed E-state index contributed by atoms with van der Waals surface area (Å²) in [7, 11) is 1.36. The van der Waals surface area contributed by atoms with Crippen molar-refractivity contribution in [2.45, 2.75) is 78.6 Å². The molecule has 1 aliphatic rings. The van der Waals surface area contributed by atoms with Gasteiger partial charge in [-0.05, 0) is 73.2 Å². The molecule has 37 heavy (non-hydrogen) atoms. The van der Waals surface area contributed by atoms with E-state index in [0.717, 1.165) is 41.4 Å². The zero-order chi connectivity index (χ0) is 27.2. The van der Waals surface area contributed by atoms with Crippen LogP contribution in [-0.4, -0.2) is 29.0 Å². The Labute approximate surface area is 216 Å². The molecule has 1 aromatic heterocycles. The van der Waals surface area contributed by atoms with Crippen LogP contribution in [0.1, 0.15) is 70.0 Å². The SMILES string of the molecule is CCC.COC(=O)Cc1cc2nc(Nc3ccc(OC(F)(F)F)cc3)n(C3CCCC(C)C3)c2cc1C. The Kier molecular flexibility index (Phi) is 9.45. The van der Waals surface area contributed by atoms with Gasteiger partial charge in [0.2, 0.25) is 5.95 Å². The van der Waals surface area contributed by atoms with Crippen molar-refractivity contribution in [1.82, 2.24) is 9.55 Å². The molecule has 3 aromatic rings. The Morgan fingerprint density at radius 1 is 1.16 bits per heavy atom. The minimum atomic E-state index is -4.74. The highest BCUT2D eigenvalue weighted by Crippen LogP contribution is 2.38. The molecule has 1 saturated carbocycles. The molecule has 1 heterocycles. The van der Waals surface area contributed by atoms with Gasteiger partial charge in [0.05, 0.1) is 24.6 Å². The van der Waals surface area contributed by atoms with E-state index in [1.807, 2.05) is 19.1 Å². The first kappa shape index (κ1) is 28.3. The summed E-state index contributed by atoms with van der Waals surface area (Å²) in [5, 5.41) is 3.28. The van der Waals surface area contributed by atoms with Gasteiger partial charge in [0.15, 0.2) is 0 Å². The van der Waals surface area contributed by atoms with Crippen LogP contribution in [0.3, 0.4) is 0 Å². The fraction of sp³-hybridized carbons (Fsp3) is 0.500. The minimum absolute atomic E-state index is 0.162. The van der Waals surface area contributed by atoms with Gasteiger partial charge in [0.25, 0.3) is 0 Å². The van der Waals surface area contributed by atoms with Crippen molar-refractivity contribution in [3.63, 3.8) is 0 Å². The monoisotopic (exact) mass is 519 g/mol. The summed E-state index contributed by atoms with van der Waals surface area (Å²) in [4.78, 5) is 16.7. The molecule has 1 N–H and O–H groups in total. The molecule has 6 nitrogen and oxygen atoms in total. The van der Waals surface area contributed by atoms with Crippen LogP contribution in [-0.2, 0) is 16.0 Å². The van der Waals surface area contributed by atoms with Gasteiger partial charge < -0.3 is 19.4 Å². The number of alkyl halides is 3. The second kappa shape index (κ2) is 12.3. The molecule has 202 valence electrons. The number of ether oxygens (including phenoxy) is 2. The Bertz CT molecular complexity index is 1190. The first-order chi connectivity index (χ1) is 17.5. The maximum absolute atomic E-state index is 12.5. The molecule has 2 atom stereocenters. The van der Waals surface area contributed by atoms with Crippen LogP contribution in [0, 0.1) is 12.8 Å². The Morgan fingerprint density at radius 3 is 2.43 bits per heavy atom. The number of halogens is 3. The Balaban J connectivity index is 0.00000121. The quantitative estimate of drug-likeness (QED) is 0.336. The highest BCUT2D eigenvalue weighted by Gasteiger charge is 2.31. The van der Waals surface area contributed by atoms with Gasteiger partial charge in [-0.3, -0.25) is 4.79 Å². The van der Waals surface area contributed by atoms with E-state index in [4.69, 9.17) is 9.72 Å². The number of rotatable bonds is 6. The van der Waals surface area contributed by atoms with E-state index in [-0.39, 0.29) is 24.2 Å². The lowest BCUT2D eigenvalue weighted by Crippen LogP contribution is -2.19. The molecular formula is C28H36F3N3O3. The number of hydrogen-bond acceptors (Lipinski definition) is 5. The van der Waals surface area contributed by atoms with E-state index in [0.29, 0.717) is 17.6 Å². The van der Waals surface area contributed by atoms with Crippen molar-refractivity contribution in [2.24, 2.45) is 5.92 Å². The molecule has 0 amide bonds. The molecule has 2 unspecified atom stereocenters. The maximum Gasteiger partial charge on any atom is 0.573 e. The van der Waals surface area contributed by atoms with Gasteiger partial charge in [-0.25, -0.2) is 4.98 Å². The fourth-order valence-corrected chi connectivity index (χ4v) is 4.67. The van der Waals surface area contributed by atoms with Crippen LogP contribution in [0.5, 0.6) is 5.75 Å². The number of carbonyl (C=O) groups excluding carboxylic acids is 1. The first-order valence-corrected chi connectivity index (χ1v) is 12.8. The minimum Gasteiger partial charge on any atom is -0.469 e. The van der Waals surface area contributed by atoms with E-state index in [1.165, 1.54) is 44.2 Å². The standard InChI is InChI=1S/C25H28F3N3O3.C3H8/c1-15-5-4-6-19(11-15)31-22-12-16(2)17(14-23(32)33-3)13-21(22)30-24(31)29-18-7-9-20(10-8-18)34-25(26,27)28;1-3-2/h7-10,12-13,15,19H,4-6,11,14H2,1-3H3,(H,29,30);3H2,1-2H3. The molecule has 0 aliphatic heterocycles. The highest BCUT2D eigenvalue weighted by molar-refractivity contribution is 5.83. The molecule has 9 heteroatoms. The predicted octanol–water partition coefficient (Wildman–Crippen LogP) is 7.87. The van der Waals surface area contributed by atoms with E-state index < -0.39 is 6.36 Å². The van der Waals surface area contributed by atoms with E-state index >= 15 is 0 Å². The lowest BCUT2D eigenvalue weighted by Gasteiger charge is -2.29. The summed E-state index contributed by atoms with van der Waals surface area (Å²) in [6.07, 6.45) is 1.02. The third kappa shape index (κ3) is 7.63. The number of imidazole rings is 1. The molecule has 0 radical (unpaired) electrons. The topological polar surface area (TPSA) is 65.4 Å². The van der Waals surface area contributed by atoms with Crippen LogP contribution < -0.4 is 10.1 Å². The number of benzene rings is 2. The number of anilines is 2. The average molecular weight is 520 g/mol. The van der Waals surface area contributed by atoms with Gasteiger partial charge in [-0.15, -0.1) is 13.2 Å². The molecule has 1 aliphatic carbocycles. The van der Waals surface area contributed by atoms with Gasteiger partial charge in [-0.1, -0.05) is 40.0 Å². The second-order valence-corrected chi connectivity index (χ2v) is 9.66. The van der Waals surface area contributed by atoms with Gasteiger partial charge in [0, 0.05) is 11.7 Å². The third-order valence-electron chi connectivity index (χ3n) is 6.33. The van der Waals surface area contributed by atoms with Crippen LogP contribution in [0.25, 0.3) is 11.0 Å². The highest BCUT2D eigenvalue weighted by atomic mass is 19.4. The molecule has 0 saturated heterocycles. The Morgan fingerprint density at radius 2 is 1.84 bits per heavy atom. The number of esters is 1. The number of nitrogens with zero attached hydrogens (tertiary/aromatic N) is 2. The molecule has 1 fully saturated rings. The number of carbonyl (C=O) groups is 1. The van der Waals surface area contributed by atoms with E-state index in [9.17, 15) is 18.0 Å².